The van der Waals surface area contributed by atoms with Crippen LogP contribution in [-0.4, -0.2) is 46.7 Å². The molecule has 0 amide bonds. The van der Waals surface area contributed by atoms with Crippen molar-refractivity contribution in [1.82, 2.24) is 10.3 Å². The minimum atomic E-state index is -0.463. The van der Waals surface area contributed by atoms with E-state index in [1.165, 1.54) is 25.7 Å². The third-order valence-corrected chi connectivity index (χ3v) is 18.3. The normalized spacial score (nSPS) is 27.9. The number of carbonyl (C=O) groups excluding carboxylic acids is 2. The number of carbonyl (C=O) groups is 2. The van der Waals surface area contributed by atoms with Crippen molar-refractivity contribution in [1.29, 1.82) is 0 Å². The predicted octanol–water partition coefficient (Wildman–Crippen LogP) is 16.1. The summed E-state index contributed by atoms with van der Waals surface area (Å²) >= 11 is 28.2. The van der Waals surface area contributed by atoms with Crippen molar-refractivity contribution in [2.45, 2.75) is 180 Å². The Kier molecular flexibility index (Phi) is 15.6. The first-order chi connectivity index (χ1) is 34.4. The minimum Gasteiger partial charge on any atom is -0.460 e. The molecule has 0 spiro atoms. The molecule has 72 heavy (non-hydrogen) atoms. The predicted molar refractivity (Wildman–Crippen MR) is 280 cm³/mol. The summed E-state index contributed by atoms with van der Waals surface area (Å²) in [6, 6.07) is 9.40. The maximum atomic E-state index is 12.5. The van der Waals surface area contributed by atoms with Gasteiger partial charge >= 0.3 is 11.9 Å². The lowest BCUT2D eigenvalue weighted by Gasteiger charge is -2.21. The summed E-state index contributed by atoms with van der Waals surface area (Å²) in [6.07, 6.45) is 15.0. The Labute approximate surface area is 445 Å². The molecular formula is C58H72Cl4N2O8. The highest BCUT2D eigenvalue weighted by Crippen LogP contribution is 2.60. The molecule has 0 saturated heterocycles. The summed E-state index contributed by atoms with van der Waals surface area (Å²) in [4.78, 5) is 25.0. The van der Waals surface area contributed by atoms with Gasteiger partial charge in [-0.3, -0.25) is 9.59 Å². The summed E-state index contributed by atoms with van der Waals surface area (Å²) in [7, 11) is 0. The van der Waals surface area contributed by atoms with Gasteiger partial charge in [0.1, 0.15) is 34.1 Å². The summed E-state index contributed by atoms with van der Waals surface area (Å²) in [5, 5.41) is 11.4. The molecule has 10 rings (SSSR count). The van der Waals surface area contributed by atoms with E-state index in [1.807, 2.05) is 71.9 Å². The zero-order chi connectivity index (χ0) is 50.6. The fraction of sp³-hybridized carbons (Fsp3) is 0.655. The van der Waals surface area contributed by atoms with Gasteiger partial charge in [0.2, 0.25) is 0 Å². The van der Waals surface area contributed by atoms with Gasteiger partial charge in [-0.05, 0) is 202 Å². The van der Waals surface area contributed by atoms with Crippen LogP contribution in [0.4, 0.5) is 0 Å². The highest BCUT2D eigenvalue weighted by atomic mass is 35.5. The second-order valence-electron chi connectivity index (χ2n) is 24.4. The molecule has 390 valence electrons. The number of aromatic nitrogens is 2. The molecule has 6 aliphatic rings. The molecule has 2 aromatic carbocycles. The van der Waals surface area contributed by atoms with Crippen LogP contribution in [-0.2, 0) is 41.8 Å². The van der Waals surface area contributed by atoms with Gasteiger partial charge < -0.3 is 28.0 Å². The van der Waals surface area contributed by atoms with E-state index in [0.29, 0.717) is 135 Å². The number of benzene rings is 2. The maximum Gasteiger partial charge on any atom is 0.306 e. The Bertz CT molecular complexity index is 2590. The first-order valence-corrected chi connectivity index (χ1v) is 28.4. The number of hydrogen-bond acceptors (Lipinski definition) is 10. The van der Waals surface area contributed by atoms with Gasteiger partial charge in [0.05, 0.1) is 46.5 Å². The Hall–Kier alpha value is -3.12. The summed E-state index contributed by atoms with van der Waals surface area (Å²) < 4.78 is 37.0. The fourth-order valence-electron chi connectivity index (χ4n) is 13.5. The van der Waals surface area contributed by atoms with E-state index >= 15 is 0 Å². The SMILES string of the molecule is CC(C)(C)OC(=O)CCC1CC2CC[C@@H](COCc3c(-c4c(Cl)ccc(C5CC5c5onc(-c6c(Cl)cccc6Cl)c5COC[C@H]5CC[C@@H]6CC(CCC(=O)OC(C)(C)C)C[C@H]56)c4Cl)noc3C3CC3)C2C1. The molecule has 10 atom stereocenters. The van der Waals surface area contributed by atoms with E-state index in [4.69, 9.17) is 74.4 Å². The van der Waals surface area contributed by atoms with E-state index in [0.717, 1.165) is 86.0 Å². The second kappa shape index (κ2) is 21.5. The molecule has 0 N–H and O–H groups in total. The van der Waals surface area contributed by atoms with Crippen molar-refractivity contribution < 1.29 is 37.6 Å². The summed E-state index contributed by atoms with van der Waals surface area (Å²) in [5.41, 5.74) is 4.37. The largest absolute Gasteiger partial charge is 0.460 e. The van der Waals surface area contributed by atoms with Crippen molar-refractivity contribution in [3.8, 4) is 22.5 Å². The molecule has 0 aliphatic heterocycles. The van der Waals surface area contributed by atoms with Crippen LogP contribution >= 0.6 is 46.4 Å². The number of rotatable bonds is 19. The molecular weight excluding hydrogens is 994 g/mol. The molecule has 4 aromatic rings. The van der Waals surface area contributed by atoms with Crippen LogP contribution in [0.25, 0.3) is 22.5 Å². The fourth-order valence-corrected chi connectivity index (χ4v) is 14.8. The van der Waals surface area contributed by atoms with Crippen molar-refractivity contribution in [2.24, 2.45) is 47.3 Å². The molecule has 6 aliphatic carbocycles. The van der Waals surface area contributed by atoms with E-state index in [1.54, 1.807) is 0 Å². The van der Waals surface area contributed by atoms with Crippen LogP contribution in [0.3, 0.4) is 0 Å². The monoisotopic (exact) mass is 1060 g/mol. The average Bonchev–Trinajstić information content (AvgIpc) is 3.87. The van der Waals surface area contributed by atoms with Crippen LogP contribution in [0, 0.1) is 47.3 Å². The standard InChI is InChI=1S/C58H72Cl4N2O8/c1-57(2,3)69-48(65)20-10-31-22-34-14-16-36(39(34)24-31)27-67-29-43-54(64-71-55(43)33-12-13-33)51-47(61)19-18-38(52(51)62)41-26-42(41)56-44(53(63-72-56)50-45(59)8-7-9-46(50)60)30-68-28-37-17-15-35-23-32(25-40(35)37)11-21-49(66)70-58(4,5)6/h7-9,18-19,31-37,39-42H,10-17,20-30H2,1-6H3/t31?,32?,34?,35-,36+,37-,39?,40+,41?,42?/m1/s1. The maximum absolute atomic E-state index is 12.5. The lowest BCUT2D eigenvalue weighted by Crippen LogP contribution is -2.24. The van der Waals surface area contributed by atoms with Gasteiger partial charge in [-0.2, -0.15) is 0 Å². The quantitative estimate of drug-likeness (QED) is 0.0839. The number of halogens is 4. The second-order valence-corrected chi connectivity index (χ2v) is 26.0. The number of esters is 2. The van der Waals surface area contributed by atoms with Crippen LogP contribution < -0.4 is 0 Å². The van der Waals surface area contributed by atoms with Crippen molar-refractivity contribution >= 4 is 58.3 Å². The molecule has 6 saturated carbocycles. The van der Waals surface area contributed by atoms with Crippen LogP contribution in [0.15, 0.2) is 39.4 Å². The Morgan fingerprint density at radius 3 is 1.62 bits per heavy atom. The molecule has 6 unspecified atom stereocenters. The third kappa shape index (κ3) is 11.8. The zero-order valence-electron chi connectivity index (χ0n) is 42.8. The van der Waals surface area contributed by atoms with Gasteiger partial charge in [-0.25, -0.2) is 0 Å². The Morgan fingerprint density at radius 1 is 0.597 bits per heavy atom. The first-order valence-electron chi connectivity index (χ1n) is 26.9. The van der Waals surface area contributed by atoms with Crippen LogP contribution in [0.2, 0.25) is 20.1 Å². The number of hydrogen-bond donors (Lipinski definition) is 0. The van der Waals surface area contributed by atoms with Crippen LogP contribution in [0.5, 0.6) is 0 Å². The zero-order valence-corrected chi connectivity index (χ0v) is 45.9. The number of nitrogens with zero attached hydrogens (tertiary/aromatic N) is 2. The Morgan fingerprint density at radius 2 is 1.10 bits per heavy atom. The van der Waals surface area contributed by atoms with Crippen LogP contribution in [0.1, 0.15) is 184 Å². The molecule has 14 heteroatoms. The van der Waals surface area contributed by atoms with E-state index < -0.39 is 11.2 Å². The molecule has 2 heterocycles. The molecule has 0 radical (unpaired) electrons. The third-order valence-electron chi connectivity index (χ3n) is 16.9. The molecule has 0 bridgehead atoms. The summed E-state index contributed by atoms with van der Waals surface area (Å²) in [5.74, 6) is 6.33. The van der Waals surface area contributed by atoms with E-state index in [-0.39, 0.29) is 23.8 Å². The van der Waals surface area contributed by atoms with E-state index in [2.05, 4.69) is 10.3 Å². The number of ether oxygens (including phenoxy) is 4. The lowest BCUT2D eigenvalue weighted by atomic mass is 9.91. The highest BCUT2D eigenvalue weighted by Gasteiger charge is 2.48. The minimum absolute atomic E-state index is 0.0149. The smallest absolute Gasteiger partial charge is 0.306 e. The van der Waals surface area contributed by atoms with E-state index in [9.17, 15) is 9.59 Å². The van der Waals surface area contributed by atoms with Gasteiger partial charge in [0.25, 0.3) is 0 Å². The van der Waals surface area contributed by atoms with Crippen molar-refractivity contribution in [3.05, 3.63) is 78.6 Å². The van der Waals surface area contributed by atoms with Gasteiger partial charge in [-0.15, -0.1) is 0 Å². The average molecular weight is 1070 g/mol. The lowest BCUT2D eigenvalue weighted by molar-refractivity contribution is -0.156. The van der Waals surface area contributed by atoms with Gasteiger partial charge in [-0.1, -0.05) is 68.8 Å². The highest BCUT2D eigenvalue weighted by molar-refractivity contribution is 6.40. The summed E-state index contributed by atoms with van der Waals surface area (Å²) in [6.45, 7) is 13.5. The topological polar surface area (TPSA) is 123 Å². The molecule has 2 aromatic heterocycles. The van der Waals surface area contributed by atoms with Gasteiger partial charge in [0.15, 0.2) is 0 Å². The number of fused-ring (bicyclic) bond motifs is 2. The first kappa shape index (κ1) is 52.3. The van der Waals surface area contributed by atoms with Gasteiger partial charge in [0, 0.05) is 46.9 Å². The molecule has 6 fully saturated rings. The van der Waals surface area contributed by atoms with Crippen molar-refractivity contribution in [2.75, 3.05) is 13.2 Å². The van der Waals surface area contributed by atoms with Crippen molar-refractivity contribution in [3.63, 3.8) is 0 Å². The molecule has 10 nitrogen and oxygen atoms in total. The Balaban J connectivity index is 0.814.